The fourth-order valence-corrected chi connectivity index (χ4v) is 4.20. The molecular weight excluding hydrogens is 288 g/mol. The molecule has 98 valence electrons. The number of nitrogens with one attached hydrogen (secondary N) is 1. The van der Waals surface area contributed by atoms with E-state index in [0.717, 1.165) is 40.0 Å². The molecular formula is C15H21BrN2. The van der Waals surface area contributed by atoms with Gasteiger partial charge < -0.3 is 11.1 Å². The molecule has 18 heavy (non-hydrogen) atoms. The molecule has 0 aromatic heterocycles. The number of nitrogen functional groups attached to an aromatic ring is 1. The number of benzene rings is 1. The van der Waals surface area contributed by atoms with E-state index in [1.807, 2.05) is 6.07 Å². The highest BCUT2D eigenvalue weighted by molar-refractivity contribution is 9.10. The normalized spacial score (nSPS) is 29.8. The molecule has 2 nitrogen and oxygen atoms in total. The molecule has 2 aliphatic rings. The van der Waals surface area contributed by atoms with Crippen LogP contribution in [0.25, 0.3) is 0 Å². The van der Waals surface area contributed by atoms with E-state index in [4.69, 9.17) is 5.73 Å². The van der Waals surface area contributed by atoms with E-state index >= 15 is 0 Å². The molecule has 2 bridgehead atoms. The summed E-state index contributed by atoms with van der Waals surface area (Å²) in [5.74, 6) is 2.89. The van der Waals surface area contributed by atoms with Gasteiger partial charge in [-0.2, -0.15) is 0 Å². The van der Waals surface area contributed by atoms with Crippen molar-refractivity contribution in [2.24, 2.45) is 17.8 Å². The van der Waals surface area contributed by atoms with Gasteiger partial charge in [0.2, 0.25) is 0 Å². The van der Waals surface area contributed by atoms with Gasteiger partial charge in [-0.05, 0) is 77.6 Å². The molecule has 0 amide bonds. The highest BCUT2D eigenvalue weighted by atomic mass is 79.9. The minimum atomic E-state index is 0.854. The van der Waals surface area contributed by atoms with E-state index in [-0.39, 0.29) is 0 Å². The van der Waals surface area contributed by atoms with Crippen molar-refractivity contribution in [3.05, 3.63) is 22.2 Å². The zero-order valence-electron chi connectivity index (χ0n) is 10.9. The number of nitrogens with two attached hydrogens (primary N) is 1. The summed E-state index contributed by atoms with van der Waals surface area (Å²) >= 11 is 3.59. The largest absolute Gasteiger partial charge is 0.398 e. The van der Waals surface area contributed by atoms with Crippen molar-refractivity contribution in [3.63, 3.8) is 0 Å². The summed E-state index contributed by atoms with van der Waals surface area (Å²) in [5.41, 5.74) is 9.09. The summed E-state index contributed by atoms with van der Waals surface area (Å²) in [4.78, 5) is 0. The first-order valence-electron chi connectivity index (χ1n) is 6.93. The average molecular weight is 309 g/mol. The molecule has 3 heteroatoms. The van der Waals surface area contributed by atoms with Crippen LogP contribution >= 0.6 is 15.9 Å². The van der Waals surface area contributed by atoms with Gasteiger partial charge in [0.05, 0.1) is 0 Å². The molecule has 0 aliphatic heterocycles. The molecule has 2 fully saturated rings. The van der Waals surface area contributed by atoms with Crippen LogP contribution in [-0.2, 0) is 0 Å². The lowest BCUT2D eigenvalue weighted by Crippen LogP contribution is -2.20. The molecule has 1 aromatic rings. The second-order valence-electron chi connectivity index (χ2n) is 6.00. The van der Waals surface area contributed by atoms with E-state index in [2.05, 4.69) is 34.2 Å². The molecule has 0 radical (unpaired) electrons. The average Bonchev–Trinajstić information content (AvgIpc) is 2.94. The Balaban J connectivity index is 1.65. The minimum absolute atomic E-state index is 0.854. The first kappa shape index (κ1) is 12.3. The number of hydrogen-bond donors (Lipinski definition) is 2. The molecule has 2 aliphatic carbocycles. The number of fused-ring (bicyclic) bond motifs is 2. The van der Waals surface area contributed by atoms with Gasteiger partial charge in [-0.3, -0.25) is 0 Å². The second-order valence-corrected chi connectivity index (χ2v) is 6.86. The molecule has 3 rings (SSSR count). The van der Waals surface area contributed by atoms with E-state index in [0.29, 0.717) is 0 Å². The molecule has 0 heterocycles. The van der Waals surface area contributed by atoms with Crippen molar-refractivity contribution in [1.82, 2.24) is 0 Å². The lowest BCUT2D eigenvalue weighted by molar-refractivity contribution is 0.348. The maximum absolute atomic E-state index is 5.90. The first-order valence-corrected chi connectivity index (χ1v) is 7.72. The van der Waals surface area contributed by atoms with Crippen LogP contribution in [-0.4, -0.2) is 6.54 Å². The molecule has 3 unspecified atom stereocenters. The van der Waals surface area contributed by atoms with Crippen molar-refractivity contribution in [2.45, 2.75) is 32.6 Å². The van der Waals surface area contributed by atoms with Crippen molar-refractivity contribution in [1.29, 1.82) is 0 Å². The zero-order valence-corrected chi connectivity index (χ0v) is 12.5. The van der Waals surface area contributed by atoms with Crippen molar-refractivity contribution in [2.75, 3.05) is 17.6 Å². The summed E-state index contributed by atoms with van der Waals surface area (Å²) in [6.07, 6.45) is 5.85. The molecule has 0 saturated heterocycles. The maximum Gasteiger partial charge on any atom is 0.0488 e. The first-order chi connectivity index (χ1) is 8.63. The third-order valence-corrected chi connectivity index (χ3v) is 5.45. The number of halogens is 1. The number of aryl methyl sites for hydroxylation is 1. The van der Waals surface area contributed by atoms with Crippen LogP contribution in [0.4, 0.5) is 11.4 Å². The van der Waals surface area contributed by atoms with E-state index < -0.39 is 0 Å². The number of hydrogen-bond acceptors (Lipinski definition) is 2. The van der Waals surface area contributed by atoms with Crippen LogP contribution in [0.15, 0.2) is 16.6 Å². The Kier molecular flexibility index (Phi) is 3.27. The van der Waals surface area contributed by atoms with Crippen LogP contribution in [0.1, 0.15) is 31.2 Å². The highest BCUT2D eigenvalue weighted by Gasteiger charge is 2.39. The quantitative estimate of drug-likeness (QED) is 0.822. The predicted molar refractivity (Wildman–Crippen MR) is 80.7 cm³/mol. The van der Waals surface area contributed by atoms with E-state index in [9.17, 15) is 0 Å². The summed E-state index contributed by atoms with van der Waals surface area (Å²) in [6, 6.07) is 4.14. The Morgan fingerprint density at radius 2 is 2.17 bits per heavy atom. The monoisotopic (exact) mass is 308 g/mol. The summed E-state index contributed by atoms with van der Waals surface area (Å²) in [5, 5.41) is 3.61. The fraction of sp³-hybridized carbons (Fsp3) is 0.600. The van der Waals surface area contributed by atoms with Gasteiger partial charge >= 0.3 is 0 Å². The van der Waals surface area contributed by atoms with Crippen LogP contribution < -0.4 is 11.1 Å². The summed E-state index contributed by atoms with van der Waals surface area (Å²) in [6.45, 7) is 3.17. The molecule has 1 aromatic carbocycles. The summed E-state index contributed by atoms with van der Waals surface area (Å²) in [7, 11) is 0. The van der Waals surface area contributed by atoms with Gasteiger partial charge in [-0.15, -0.1) is 0 Å². The Morgan fingerprint density at radius 1 is 1.33 bits per heavy atom. The Morgan fingerprint density at radius 3 is 2.83 bits per heavy atom. The van der Waals surface area contributed by atoms with Gasteiger partial charge in [-0.25, -0.2) is 0 Å². The Hall–Kier alpha value is -0.700. The van der Waals surface area contributed by atoms with Crippen molar-refractivity contribution < 1.29 is 0 Å². The smallest absolute Gasteiger partial charge is 0.0488 e. The third-order valence-electron chi connectivity index (χ3n) is 4.79. The lowest BCUT2D eigenvalue weighted by atomic mass is 9.89. The standard InChI is InChI=1S/C15H21BrN2/c1-9-4-15(13(16)7-14(9)17)18-8-12-6-10-2-3-11(12)5-10/h4,7,10-12,18H,2-3,5-6,8,17H2,1H3. The minimum Gasteiger partial charge on any atom is -0.398 e. The van der Waals surface area contributed by atoms with Crippen molar-refractivity contribution in [3.8, 4) is 0 Å². The van der Waals surface area contributed by atoms with Crippen LogP contribution in [0.2, 0.25) is 0 Å². The van der Waals surface area contributed by atoms with Gasteiger partial charge in [0.15, 0.2) is 0 Å². The van der Waals surface area contributed by atoms with Gasteiger partial charge in [-0.1, -0.05) is 6.42 Å². The lowest BCUT2D eigenvalue weighted by Gasteiger charge is -2.23. The van der Waals surface area contributed by atoms with Crippen molar-refractivity contribution >= 4 is 27.3 Å². The van der Waals surface area contributed by atoms with E-state index in [1.54, 1.807) is 0 Å². The van der Waals surface area contributed by atoms with Crippen LogP contribution in [0.3, 0.4) is 0 Å². The third kappa shape index (κ3) is 2.25. The van der Waals surface area contributed by atoms with E-state index in [1.165, 1.54) is 31.4 Å². The fourth-order valence-electron chi connectivity index (χ4n) is 3.70. The van der Waals surface area contributed by atoms with Crippen LogP contribution in [0.5, 0.6) is 0 Å². The zero-order chi connectivity index (χ0) is 12.7. The highest BCUT2D eigenvalue weighted by Crippen LogP contribution is 2.48. The second kappa shape index (κ2) is 4.76. The number of anilines is 2. The maximum atomic E-state index is 5.90. The molecule has 0 spiro atoms. The van der Waals surface area contributed by atoms with Crippen LogP contribution in [0, 0.1) is 24.7 Å². The topological polar surface area (TPSA) is 38.0 Å². The molecule has 2 saturated carbocycles. The van der Waals surface area contributed by atoms with Gasteiger partial charge in [0.25, 0.3) is 0 Å². The number of rotatable bonds is 3. The molecule has 3 atom stereocenters. The Bertz CT molecular complexity index is 458. The predicted octanol–water partition coefficient (Wildman–Crippen LogP) is 4.19. The Labute approximate surface area is 117 Å². The van der Waals surface area contributed by atoms with Gasteiger partial charge in [0.1, 0.15) is 0 Å². The van der Waals surface area contributed by atoms with Gasteiger partial charge in [0, 0.05) is 22.4 Å². The SMILES string of the molecule is Cc1cc(NCC2CC3CCC2C3)c(Br)cc1N. The summed E-state index contributed by atoms with van der Waals surface area (Å²) < 4.78 is 1.08. The molecule has 3 N–H and O–H groups in total.